The van der Waals surface area contributed by atoms with Crippen LogP contribution in [0.4, 0.5) is 0 Å². The summed E-state index contributed by atoms with van der Waals surface area (Å²) in [6, 6.07) is 0. The minimum Gasteiger partial charge on any atom is -0.461 e. The van der Waals surface area contributed by atoms with E-state index in [0.717, 1.165) is 12.8 Å². The lowest BCUT2D eigenvalue weighted by atomic mass is 9.96. The quantitative estimate of drug-likeness (QED) is 0.607. The molecule has 4 heteroatoms. The van der Waals surface area contributed by atoms with Gasteiger partial charge in [0.05, 0.1) is 6.61 Å². The van der Waals surface area contributed by atoms with E-state index in [1.807, 2.05) is 0 Å². The average molecular weight is 249 g/mol. The van der Waals surface area contributed by atoms with Gasteiger partial charge in [-0.2, -0.15) is 0 Å². The van der Waals surface area contributed by atoms with Crippen LogP contribution >= 0.6 is 0 Å². The third kappa shape index (κ3) is 3.00. The zero-order valence-electron chi connectivity index (χ0n) is 11.0. The third-order valence-corrected chi connectivity index (χ3v) is 3.05. The third-order valence-electron chi connectivity index (χ3n) is 3.05. The molecule has 0 N–H and O–H groups in total. The number of oxazole rings is 1. The highest BCUT2D eigenvalue weighted by molar-refractivity contribution is 5.88. The van der Waals surface area contributed by atoms with Gasteiger partial charge in [-0.15, -0.1) is 0 Å². The van der Waals surface area contributed by atoms with Crippen molar-refractivity contribution in [2.45, 2.75) is 46.0 Å². The van der Waals surface area contributed by atoms with Gasteiger partial charge in [-0.3, -0.25) is 0 Å². The Morgan fingerprint density at radius 3 is 3.00 bits per heavy atom. The first kappa shape index (κ1) is 12.9. The second-order valence-corrected chi connectivity index (χ2v) is 4.51. The van der Waals surface area contributed by atoms with E-state index in [0.29, 0.717) is 30.4 Å². The summed E-state index contributed by atoms with van der Waals surface area (Å²) in [5.41, 5.74) is 1.67. The van der Waals surface area contributed by atoms with Gasteiger partial charge in [0.2, 0.25) is 0 Å². The smallest absolute Gasteiger partial charge is 0.360 e. The largest absolute Gasteiger partial charge is 0.461 e. The van der Waals surface area contributed by atoms with Crippen LogP contribution < -0.4 is 0 Å². The zero-order valence-corrected chi connectivity index (χ0v) is 11.0. The number of hydrogen-bond donors (Lipinski definition) is 0. The first-order chi connectivity index (χ1) is 8.70. The van der Waals surface area contributed by atoms with E-state index in [1.165, 1.54) is 18.4 Å². The van der Waals surface area contributed by atoms with E-state index in [-0.39, 0.29) is 5.97 Å². The highest BCUT2D eigenvalue weighted by Gasteiger charge is 2.21. The molecule has 0 aliphatic heterocycles. The van der Waals surface area contributed by atoms with E-state index >= 15 is 0 Å². The molecule has 0 atom stereocenters. The fraction of sp³-hybridized carbons (Fsp3) is 0.571. The predicted molar refractivity (Wildman–Crippen MR) is 67.5 cm³/mol. The highest BCUT2D eigenvalue weighted by atomic mass is 16.5. The Bertz CT molecular complexity index is 460. The molecule has 0 radical (unpaired) electrons. The van der Waals surface area contributed by atoms with Gasteiger partial charge < -0.3 is 9.15 Å². The number of nitrogens with zero attached hydrogens (tertiary/aromatic N) is 1. The predicted octanol–water partition coefficient (Wildman–Crippen LogP) is 3.20. The first-order valence-corrected chi connectivity index (χ1v) is 6.52. The molecule has 1 aromatic rings. The van der Waals surface area contributed by atoms with Crippen LogP contribution in [0.15, 0.2) is 16.1 Å². The lowest BCUT2D eigenvalue weighted by Gasteiger charge is -2.11. The van der Waals surface area contributed by atoms with Crippen LogP contribution in [0.2, 0.25) is 0 Å². The number of allylic oxidation sites excluding steroid dienone is 2. The minimum atomic E-state index is -0.388. The summed E-state index contributed by atoms with van der Waals surface area (Å²) >= 11 is 0. The summed E-state index contributed by atoms with van der Waals surface area (Å²) in [5, 5.41) is 0. The lowest BCUT2D eigenvalue weighted by molar-refractivity contribution is 0.0518. The summed E-state index contributed by atoms with van der Waals surface area (Å²) < 4.78 is 10.5. The van der Waals surface area contributed by atoms with Gasteiger partial charge in [0, 0.05) is 13.3 Å². The van der Waals surface area contributed by atoms with E-state index in [2.05, 4.69) is 11.1 Å². The van der Waals surface area contributed by atoms with Crippen LogP contribution in [-0.2, 0) is 11.2 Å². The van der Waals surface area contributed by atoms with E-state index in [1.54, 1.807) is 13.8 Å². The van der Waals surface area contributed by atoms with Crippen LogP contribution in [0.25, 0.3) is 0 Å². The Balaban J connectivity index is 2.16. The molecule has 0 spiro atoms. The maximum Gasteiger partial charge on any atom is 0.360 e. The molecule has 0 saturated heterocycles. The van der Waals surface area contributed by atoms with Crippen molar-refractivity contribution >= 4 is 5.97 Å². The van der Waals surface area contributed by atoms with Crippen molar-refractivity contribution in [3.05, 3.63) is 29.0 Å². The highest BCUT2D eigenvalue weighted by Crippen LogP contribution is 2.23. The van der Waals surface area contributed by atoms with Crippen molar-refractivity contribution in [1.82, 2.24) is 4.98 Å². The molecule has 98 valence electrons. The number of ether oxygens (including phenoxy) is 1. The molecule has 2 rings (SSSR count). The van der Waals surface area contributed by atoms with Crippen LogP contribution in [-0.4, -0.2) is 17.6 Å². The molecule has 1 aromatic heterocycles. The Morgan fingerprint density at radius 2 is 2.33 bits per heavy atom. The topological polar surface area (TPSA) is 52.3 Å². The van der Waals surface area contributed by atoms with Gasteiger partial charge >= 0.3 is 5.97 Å². The normalized spacial score (nSPS) is 15.3. The van der Waals surface area contributed by atoms with Crippen LogP contribution in [0.3, 0.4) is 0 Å². The molecule has 1 heterocycles. The monoisotopic (exact) mass is 249 g/mol. The molecule has 18 heavy (non-hydrogen) atoms. The van der Waals surface area contributed by atoms with Gasteiger partial charge in [-0.05, 0) is 32.6 Å². The standard InChI is InChI=1S/C14H19NO3/c1-3-17-14(16)13-12(18-10(2)15-13)9-11-7-5-4-6-8-11/h7H,3-6,8-9H2,1-2H3. The number of rotatable bonds is 4. The molecule has 0 bridgehead atoms. The van der Waals surface area contributed by atoms with Gasteiger partial charge in [0.15, 0.2) is 11.6 Å². The van der Waals surface area contributed by atoms with Crippen molar-refractivity contribution in [3.8, 4) is 0 Å². The number of aryl methyl sites for hydroxylation is 1. The zero-order chi connectivity index (χ0) is 13.0. The van der Waals surface area contributed by atoms with Crippen molar-refractivity contribution in [3.63, 3.8) is 0 Å². The van der Waals surface area contributed by atoms with Gasteiger partial charge in [0.1, 0.15) is 5.76 Å². The van der Waals surface area contributed by atoms with Crippen molar-refractivity contribution < 1.29 is 13.9 Å². The summed E-state index contributed by atoms with van der Waals surface area (Å²) in [6.07, 6.45) is 7.60. The number of carbonyl (C=O) groups is 1. The fourth-order valence-corrected chi connectivity index (χ4v) is 2.22. The van der Waals surface area contributed by atoms with Crippen LogP contribution in [0, 0.1) is 6.92 Å². The lowest BCUT2D eigenvalue weighted by Crippen LogP contribution is -2.08. The van der Waals surface area contributed by atoms with Crippen molar-refractivity contribution in [2.75, 3.05) is 6.61 Å². The molecule has 0 aromatic carbocycles. The molecule has 0 saturated carbocycles. The molecule has 1 aliphatic carbocycles. The second-order valence-electron chi connectivity index (χ2n) is 4.51. The van der Waals surface area contributed by atoms with Crippen molar-refractivity contribution in [2.24, 2.45) is 0 Å². The molecular weight excluding hydrogens is 230 g/mol. The number of esters is 1. The number of carbonyl (C=O) groups excluding carboxylic acids is 1. The first-order valence-electron chi connectivity index (χ1n) is 6.52. The van der Waals surface area contributed by atoms with E-state index in [9.17, 15) is 4.79 Å². The van der Waals surface area contributed by atoms with E-state index in [4.69, 9.17) is 9.15 Å². The molecular formula is C14H19NO3. The number of aromatic nitrogens is 1. The number of hydrogen-bond acceptors (Lipinski definition) is 4. The second kappa shape index (κ2) is 5.85. The maximum absolute atomic E-state index is 11.8. The minimum absolute atomic E-state index is 0.334. The SMILES string of the molecule is CCOC(=O)c1nc(C)oc1CC1=CCCCC1. The van der Waals surface area contributed by atoms with Crippen LogP contribution in [0.1, 0.15) is 54.7 Å². The Hall–Kier alpha value is -1.58. The summed E-state index contributed by atoms with van der Waals surface area (Å²) in [6.45, 7) is 3.89. The van der Waals surface area contributed by atoms with Crippen LogP contribution in [0.5, 0.6) is 0 Å². The van der Waals surface area contributed by atoms with Gasteiger partial charge in [-0.25, -0.2) is 9.78 Å². The average Bonchev–Trinajstić information content (AvgIpc) is 2.72. The maximum atomic E-state index is 11.8. The fourth-order valence-electron chi connectivity index (χ4n) is 2.22. The Kier molecular flexibility index (Phi) is 4.18. The summed E-state index contributed by atoms with van der Waals surface area (Å²) in [5.74, 6) is 0.768. The molecule has 0 amide bonds. The summed E-state index contributed by atoms with van der Waals surface area (Å²) in [7, 11) is 0. The van der Waals surface area contributed by atoms with Gasteiger partial charge in [-0.1, -0.05) is 11.6 Å². The molecule has 0 unspecified atom stereocenters. The summed E-state index contributed by atoms with van der Waals surface area (Å²) in [4.78, 5) is 15.9. The Labute approximate surface area is 107 Å². The Morgan fingerprint density at radius 1 is 1.50 bits per heavy atom. The van der Waals surface area contributed by atoms with E-state index < -0.39 is 0 Å². The molecule has 1 aliphatic rings. The van der Waals surface area contributed by atoms with Crippen molar-refractivity contribution in [1.29, 1.82) is 0 Å². The van der Waals surface area contributed by atoms with Gasteiger partial charge in [0.25, 0.3) is 0 Å². The molecule has 0 fully saturated rings. The molecule has 4 nitrogen and oxygen atoms in total.